The van der Waals surface area contributed by atoms with Crippen molar-refractivity contribution in [3.63, 3.8) is 0 Å². The molecule has 1 aromatic carbocycles. The summed E-state index contributed by atoms with van der Waals surface area (Å²) < 4.78 is 6.08. The molecule has 2 heterocycles. The van der Waals surface area contributed by atoms with Gasteiger partial charge in [-0.1, -0.05) is 18.2 Å². The summed E-state index contributed by atoms with van der Waals surface area (Å²) >= 11 is 1.77. The summed E-state index contributed by atoms with van der Waals surface area (Å²) in [5, 5.41) is 6.89. The highest BCUT2D eigenvalue weighted by Crippen LogP contribution is 2.18. The van der Waals surface area contributed by atoms with Gasteiger partial charge in [-0.05, 0) is 38.3 Å². The van der Waals surface area contributed by atoms with E-state index in [4.69, 9.17) is 4.74 Å². The van der Waals surface area contributed by atoms with Crippen LogP contribution in [0.15, 0.2) is 40.7 Å². The topological polar surface area (TPSA) is 49.8 Å². The third kappa shape index (κ3) is 6.24. The number of unbranched alkanes of at least 4 members (excludes halogenated alkanes) is 1. The van der Waals surface area contributed by atoms with Crippen molar-refractivity contribution in [2.24, 2.45) is 4.99 Å². The molecule has 6 heteroatoms. The van der Waals surface area contributed by atoms with Crippen molar-refractivity contribution in [3.05, 3.63) is 46.4 Å². The van der Waals surface area contributed by atoms with Gasteiger partial charge in [0.1, 0.15) is 11.9 Å². The number of likely N-dealkylation sites (tertiary alicyclic amines) is 1. The third-order valence-corrected chi connectivity index (χ3v) is 5.79. The number of hydrogen-bond donors (Lipinski definition) is 1. The van der Waals surface area contributed by atoms with Crippen molar-refractivity contribution < 1.29 is 4.74 Å². The number of aliphatic imine (C=N–C) groups is 1. The van der Waals surface area contributed by atoms with Crippen LogP contribution in [0.5, 0.6) is 5.75 Å². The largest absolute Gasteiger partial charge is 0.490 e. The van der Waals surface area contributed by atoms with Gasteiger partial charge in [-0.25, -0.2) is 4.98 Å². The molecule has 0 aliphatic carbocycles. The number of guanidine groups is 1. The van der Waals surface area contributed by atoms with Crippen LogP contribution in [0.3, 0.4) is 0 Å². The fraction of sp³-hybridized carbons (Fsp3) is 0.524. The number of nitrogens with zero attached hydrogens (tertiary/aromatic N) is 3. The predicted molar refractivity (Wildman–Crippen MR) is 113 cm³/mol. The van der Waals surface area contributed by atoms with Gasteiger partial charge in [-0.3, -0.25) is 4.99 Å². The Balaban J connectivity index is 1.33. The Morgan fingerprint density at radius 1 is 1.26 bits per heavy atom. The molecule has 0 amide bonds. The lowest BCUT2D eigenvalue weighted by atomic mass is 10.1. The van der Waals surface area contributed by atoms with Crippen molar-refractivity contribution in [3.8, 4) is 5.75 Å². The standard InChI is InChI=1S/C21H30N4OS/c1-17-16-27-20(24-17)10-6-7-13-23-21(22-2)25-14-11-19(12-15-25)26-18-8-4-3-5-9-18/h3-5,8-9,16,19H,6-7,10-15H2,1-2H3,(H,22,23). The molecule has 1 N–H and O–H groups in total. The Bertz CT molecular complexity index is 708. The van der Waals surface area contributed by atoms with Gasteiger partial charge in [0.05, 0.1) is 5.01 Å². The maximum Gasteiger partial charge on any atom is 0.193 e. The van der Waals surface area contributed by atoms with E-state index in [0.717, 1.165) is 69.1 Å². The SMILES string of the molecule is CN=C(NCCCCc1nc(C)cs1)N1CCC(Oc2ccccc2)CC1. The quantitative estimate of drug-likeness (QED) is 0.445. The highest BCUT2D eigenvalue weighted by molar-refractivity contribution is 7.09. The number of benzene rings is 1. The van der Waals surface area contributed by atoms with E-state index >= 15 is 0 Å². The van der Waals surface area contributed by atoms with Crippen LogP contribution in [0.1, 0.15) is 36.4 Å². The fourth-order valence-corrected chi connectivity index (χ4v) is 4.15. The summed E-state index contributed by atoms with van der Waals surface area (Å²) in [6.45, 7) is 4.97. The Morgan fingerprint density at radius 2 is 2.04 bits per heavy atom. The molecule has 146 valence electrons. The van der Waals surface area contributed by atoms with Gasteiger partial charge >= 0.3 is 0 Å². The molecule has 27 heavy (non-hydrogen) atoms. The van der Waals surface area contributed by atoms with E-state index in [-0.39, 0.29) is 0 Å². The molecule has 0 saturated carbocycles. The third-order valence-electron chi connectivity index (χ3n) is 4.77. The zero-order chi connectivity index (χ0) is 18.9. The molecule has 0 spiro atoms. The first-order chi connectivity index (χ1) is 13.2. The predicted octanol–water partition coefficient (Wildman–Crippen LogP) is 3.89. The molecule has 3 rings (SSSR count). The summed E-state index contributed by atoms with van der Waals surface area (Å²) in [4.78, 5) is 11.3. The molecule has 0 radical (unpaired) electrons. The van der Waals surface area contributed by atoms with Gasteiger partial charge in [0.2, 0.25) is 0 Å². The summed E-state index contributed by atoms with van der Waals surface area (Å²) in [6, 6.07) is 10.1. The van der Waals surface area contributed by atoms with E-state index < -0.39 is 0 Å². The Kier molecular flexibility index (Phi) is 7.51. The zero-order valence-electron chi connectivity index (χ0n) is 16.4. The Labute approximate surface area is 166 Å². The summed E-state index contributed by atoms with van der Waals surface area (Å²) in [5.74, 6) is 1.98. The van der Waals surface area contributed by atoms with Crippen molar-refractivity contribution in [1.29, 1.82) is 0 Å². The molecule has 2 aromatic rings. The lowest BCUT2D eigenvalue weighted by Crippen LogP contribution is -2.47. The minimum atomic E-state index is 0.295. The molecular formula is C21H30N4OS. The van der Waals surface area contributed by atoms with Gasteiger partial charge in [0, 0.05) is 50.6 Å². The van der Waals surface area contributed by atoms with E-state index in [1.807, 2.05) is 37.4 Å². The van der Waals surface area contributed by atoms with E-state index in [1.165, 1.54) is 5.01 Å². The highest BCUT2D eigenvalue weighted by Gasteiger charge is 2.22. The van der Waals surface area contributed by atoms with Crippen LogP contribution >= 0.6 is 11.3 Å². The van der Waals surface area contributed by atoms with Crippen molar-refractivity contribution in [2.45, 2.75) is 45.1 Å². The van der Waals surface area contributed by atoms with Crippen molar-refractivity contribution in [1.82, 2.24) is 15.2 Å². The smallest absolute Gasteiger partial charge is 0.193 e. The number of aromatic nitrogens is 1. The molecule has 1 aliphatic rings. The van der Waals surface area contributed by atoms with Gasteiger partial charge in [-0.2, -0.15) is 0 Å². The second-order valence-electron chi connectivity index (χ2n) is 6.93. The molecule has 5 nitrogen and oxygen atoms in total. The monoisotopic (exact) mass is 386 g/mol. The maximum absolute atomic E-state index is 6.08. The second kappa shape index (κ2) is 10.3. The van der Waals surface area contributed by atoms with Gasteiger partial charge in [0.25, 0.3) is 0 Å². The molecule has 0 unspecified atom stereocenters. The molecule has 1 aromatic heterocycles. The van der Waals surface area contributed by atoms with E-state index in [9.17, 15) is 0 Å². The minimum Gasteiger partial charge on any atom is -0.490 e. The highest BCUT2D eigenvalue weighted by atomic mass is 32.1. The normalized spacial score (nSPS) is 15.8. The maximum atomic E-state index is 6.08. The number of nitrogens with one attached hydrogen (secondary N) is 1. The summed E-state index contributed by atoms with van der Waals surface area (Å²) in [7, 11) is 1.87. The molecule has 0 atom stereocenters. The molecule has 1 saturated heterocycles. The molecule has 1 aliphatic heterocycles. The number of piperidine rings is 1. The first kappa shape index (κ1) is 19.7. The number of aryl methyl sites for hydroxylation is 2. The lowest BCUT2D eigenvalue weighted by Gasteiger charge is -2.34. The number of para-hydroxylation sites is 1. The average molecular weight is 387 g/mol. The Hall–Kier alpha value is -2.08. The van der Waals surface area contributed by atoms with E-state index in [2.05, 4.69) is 32.5 Å². The van der Waals surface area contributed by atoms with Crippen LogP contribution in [-0.2, 0) is 6.42 Å². The number of rotatable bonds is 7. The van der Waals surface area contributed by atoms with E-state index in [0.29, 0.717) is 6.10 Å². The molecular weight excluding hydrogens is 356 g/mol. The Morgan fingerprint density at radius 3 is 2.70 bits per heavy atom. The van der Waals surface area contributed by atoms with Gasteiger partial charge in [0.15, 0.2) is 5.96 Å². The van der Waals surface area contributed by atoms with Gasteiger partial charge in [-0.15, -0.1) is 11.3 Å². The minimum absolute atomic E-state index is 0.295. The lowest BCUT2D eigenvalue weighted by molar-refractivity contribution is 0.129. The zero-order valence-corrected chi connectivity index (χ0v) is 17.2. The molecule has 0 bridgehead atoms. The first-order valence-corrected chi connectivity index (χ1v) is 10.7. The number of ether oxygens (including phenoxy) is 1. The van der Waals surface area contributed by atoms with Crippen LogP contribution < -0.4 is 10.1 Å². The van der Waals surface area contributed by atoms with Crippen LogP contribution in [0.2, 0.25) is 0 Å². The average Bonchev–Trinajstić information content (AvgIpc) is 3.11. The van der Waals surface area contributed by atoms with Crippen molar-refractivity contribution in [2.75, 3.05) is 26.7 Å². The van der Waals surface area contributed by atoms with Crippen molar-refractivity contribution >= 4 is 17.3 Å². The number of thiazole rings is 1. The van der Waals surface area contributed by atoms with E-state index in [1.54, 1.807) is 11.3 Å². The van der Waals surface area contributed by atoms with Crippen LogP contribution in [0.4, 0.5) is 0 Å². The summed E-state index contributed by atoms with van der Waals surface area (Å²) in [5.41, 5.74) is 1.13. The van der Waals surface area contributed by atoms with Gasteiger partial charge < -0.3 is 15.0 Å². The fourth-order valence-electron chi connectivity index (χ4n) is 3.33. The van der Waals surface area contributed by atoms with Crippen LogP contribution in [-0.4, -0.2) is 48.6 Å². The second-order valence-corrected chi connectivity index (χ2v) is 7.87. The summed E-state index contributed by atoms with van der Waals surface area (Å²) in [6.07, 6.45) is 5.71. The van der Waals surface area contributed by atoms with Crippen LogP contribution in [0.25, 0.3) is 0 Å². The number of hydrogen-bond acceptors (Lipinski definition) is 4. The first-order valence-electron chi connectivity index (χ1n) is 9.83. The van der Waals surface area contributed by atoms with Crippen LogP contribution in [0, 0.1) is 6.92 Å². The molecule has 1 fully saturated rings.